The van der Waals surface area contributed by atoms with E-state index in [1.807, 2.05) is 17.5 Å². The van der Waals surface area contributed by atoms with Crippen molar-refractivity contribution in [3.63, 3.8) is 0 Å². The van der Waals surface area contributed by atoms with Gasteiger partial charge in [0.25, 0.3) is 5.91 Å². The van der Waals surface area contributed by atoms with Gasteiger partial charge >= 0.3 is 0 Å². The normalized spacial score (nSPS) is 26.2. The maximum atomic E-state index is 11.7. The molecule has 1 aromatic heterocycles. The van der Waals surface area contributed by atoms with Crippen molar-refractivity contribution in [2.75, 3.05) is 0 Å². The van der Waals surface area contributed by atoms with Crippen molar-refractivity contribution in [2.24, 2.45) is 0 Å². The van der Waals surface area contributed by atoms with Gasteiger partial charge in [0.05, 0.1) is 4.88 Å². The molecule has 0 saturated heterocycles. The monoisotopic (exact) mass is 243 g/mol. The summed E-state index contributed by atoms with van der Waals surface area (Å²) in [5.41, 5.74) is 0. The van der Waals surface area contributed by atoms with E-state index in [9.17, 15) is 4.79 Å². The Bertz CT molecular complexity index is 317. The maximum Gasteiger partial charge on any atom is 0.261 e. The van der Waals surface area contributed by atoms with Crippen LogP contribution in [0.5, 0.6) is 0 Å². The van der Waals surface area contributed by atoms with Crippen LogP contribution in [0.2, 0.25) is 0 Å². The summed E-state index contributed by atoms with van der Waals surface area (Å²) in [5.74, 6) is 0.0584. The van der Waals surface area contributed by atoms with Crippen molar-refractivity contribution in [3.05, 3.63) is 22.4 Å². The van der Waals surface area contributed by atoms with E-state index < -0.39 is 0 Å². The molecule has 1 saturated carbocycles. The van der Waals surface area contributed by atoms with Gasteiger partial charge in [-0.15, -0.1) is 22.9 Å². The molecule has 82 valence electrons. The Hall–Kier alpha value is -0.540. The van der Waals surface area contributed by atoms with Crippen LogP contribution >= 0.6 is 22.9 Å². The second-order valence-corrected chi connectivity index (χ2v) is 5.46. The van der Waals surface area contributed by atoms with Crippen molar-refractivity contribution in [3.8, 4) is 0 Å². The Morgan fingerprint density at radius 1 is 1.40 bits per heavy atom. The highest BCUT2D eigenvalue weighted by molar-refractivity contribution is 7.12. The topological polar surface area (TPSA) is 29.1 Å². The molecule has 1 N–H and O–H groups in total. The number of amides is 1. The SMILES string of the molecule is O=C(NC1CCC(Cl)CC1)c1cccs1. The molecule has 0 unspecified atom stereocenters. The van der Waals surface area contributed by atoms with Crippen LogP contribution in [0.1, 0.15) is 35.4 Å². The van der Waals surface area contributed by atoms with Gasteiger partial charge in [0.15, 0.2) is 0 Å². The quantitative estimate of drug-likeness (QED) is 0.795. The van der Waals surface area contributed by atoms with Gasteiger partial charge in [0.1, 0.15) is 0 Å². The van der Waals surface area contributed by atoms with Crippen LogP contribution < -0.4 is 5.32 Å². The molecule has 0 radical (unpaired) electrons. The van der Waals surface area contributed by atoms with Gasteiger partial charge in [0.2, 0.25) is 0 Å². The van der Waals surface area contributed by atoms with E-state index in [1.54, 1.807) is 0 Å². The molecule has 0 bridgehead atoms. The van der Waals surface area contributed by atoms with Crippen LogP contribution in [0.25, 0.3) is 0 Å². The molecule has 1 amide bonds. The summed E-state index contributed by atoms with van der Waals surface area (Å²) in [6.07, 6.45) is 4.03. The van der Waals surface area contributed by atoms with Crippen LogP contribution in [-0.2, 0) is 0 Å². The highest BCUT2D eigenvalue weighted by atomic mass is 35.5. The van der Waals surface area contributed by atoms with Gasteiger partial charge in [-0.05, 0) is 37.1 Å². The first-order valence-electron chi connectivity index (χ1n) is 5.24. The molecule has 2 nitrogen and oxygen atoms in total. The fourth-order valence-electron chi connectivity index (χ4n) is 1.86. The zero-order valence-electron chi connectivity index (χ0n) is 8.41. The highest BCUT2D eigenvalue weighted by Crippen LogP contribution is 2.23. The Balaban J connectivity index is 1.85. The van der Waals surface area contributed by atoms with Crippen molar-refractivity contribution in [1.29, 1.82) is 0 Å². The Morgan fingerprint density at radius 3 is 2.73 bits per heavy atom. The number of hydrogen-bond donors (Lipinski definition) is 1. The van der Waals surface area contributed by atoms with Crippen molar-refractivity contribution in [1.82, 2.24) is 5.32 Å². The first-order valence-corrected chi connectivity index (χ1v) is 6.56. The predicted octanol–water partition coefficient (Wildman–Crippen LogP) is 3.03. The molecule has 4 heteroatoms. The van der Waals surface area contributed by atoms with E-state index in [2.05, 4.69) is 5.32 Å². The summed E-state index contributed by atoms with van der Waals surface area (Å²) in [5, 5.41) is 5.28. The van der Waals surface area contributed by atoms with Gasteiger partial charge in [-0.3, -0.25) is 4.79 Å². The second-order valence-electron chi connectivity index (χ2n) is 3.90. The molecule has 1 aliphatic rings. The molecule has 15 heavy (non-hydrogen) atoms. The first-order chi connectivity index (χ1) is 7.25. The number of alkyl halides is 1. The molecule has 1 aliphatic carbocycles. The standard InChI is InChI=1S/C11H14ClNOS/c12-8-3-5-9(6-4-8)13-11(14)10-2-1-7-15-10/h1-2,7-9H,3-6H2,(H,13,14). The molecule has 2 rings (SSSR count). The number of carbonyl (C=O) groups excluding carboxylic acids is 1. The fraction of sp³-hybridized carbons (Fsp3) is 0.545. The van der Waals surface area contributed by atoms with Gasteiger partial charge in [-0.1, -0.05) is 6.07 Å². The zero-order chi connectivity index (χ0) is 10.7. The summed E-state index contributed by atoms with van der Waals surface area (Å²) < 4.78 is 0. The van der Waals surface area contributed by atoms with Crippen LogP contribution in [0, 0.1) is 0 Å². The largest absolute Gasteiger partial charge is 0.349 e. The number of thiophene rings is 1. The molecule has 0 spiro atoms. The minimum absolute atomic E-state index is 0.0584. The third-order valence-electron chi connectivity index (χ3n) is 2.74. The van der Waals surface area contributed by atoms with Gasteiger partial charge in [-0.25, -0.2) is 0 Å². The summed E-state index contributed by atoms with van der Waals surface area (Å²) in [7, 11) is 0. The fourth-order valence-corrected chi connectivity index (χ4v) is 2.74. The van der Waals surface area contributed by atoms with Crippen LogP contribution in [0.15, 0.2) is 17.5 Å². The van der Waals surface area contributed by atoms with E-state index in [4.69, 9.17) is 11.6 Å². The average molecular weight is 244 g/mol. The maximum absolute atomic E-state index is 11.7. The number of hydrogen-bond acceptors (Lipinski definition) is 2. The van der Waals surface area contributed by atoms with E-state index in [0.29, 0.717) is 11.4 Å². The van der Waals surface area contributed by atoms with E-state index in [0.717, 1.165) is 30.6 Å². The zero-order valence-corrected chi connectivity index (χ0v) is 9.98. The average Bonchev–Trinajstić information content (AvgIpc) is 2.74. The molecular weight excluding hydrogens is 230 g/mol. The lowest BCUT2D eigenvalue weighted by Gasteiger charge is -2.25. The van der Waals surface area contributed by atoms with Crippen LogP contribution in [0.3, 0.4) is 0 Å². The van der Waals surface area contributed by atoms with Crippen molar-refractivity contribution < 1.29 is 4.79 Å². The summed E-state index contributed by atoms with van der Waals surface area (Å²) in [4.78, 5) is 12.5. The third kappa shape index (κ3) is 2.95. The molecule has 1 aromatic rings. The molecular formula is C11H14ClNOS. The van der Waals surface area contributed by atoms with Gasteiger partial charge in [0, 0.05) is 11.4 Å². The Kier molecular flexibility index (Phi) is 3.65. The molecule has 1 fully saturated rings. The molecule has 0 aliphatic heterocycles. The number of rotatable bonds is 2. The minimum atomic E-state index is 0.0584. The second kappa shape index (κ2) is 4.99. The molecule has 1 heterocycles. The number of nitrogens with one attached hydrogen (secondary N) is 1. The van der Waals surface area contributed by atoms with E-state index >= 15 is 0 Å². The van der Waals surface area contributed by atoms with E-state index in [-0.39, 0.29) is 5.91 Å². The lowest BCUT2D eigenvalue weighted by Crippen LogP contribution is -2.37. The smallest absolute Gasteiger partial charge is 0.261 e. The summed E-state index contributed by atoms with van der Waals surface area (Å²) >= 11 is 7.49. The van der Waals surface area contributed by atoms with Gasteiger partial charge in [-0.2, -0.15) is 0 Å². The lowest BCUT2D eigenvalue weighted by molar-refractivity contribution is 0.0932. The highest BCUT2D eigenvalue weighted by Gasteiger charge is 2.21. The van der Waals surface area contributed by atoms with Gasteiger partial charge < -0.3 is 5.32 Å². The van der Waals surface area contributed by atoms with E-state index in [1.165, 1.54) is 11.3 Å². The van der Waals surface area contributed by atoms with Crippen LogP contribution in [0.4, 0.5) is 0 Å². The van der Waals surface area contributed by atoms with Crippen LogP contribution in [-0.4, -0.2) is 17.3 Å². The summed E-state index contributed by atoms with van der Waals surface area (Å²) in [6.45, 7) is 0. The molecule has 0 aromatic carbocycles. The summed E-state index contributed by atoms with van der Waals surface area (Å²) in [6, 6.07) is 4.07. The third-order valence-corrected chi connectivity index (χ3v) is 4.04. The lowest BCUT2D eigenvalue weighted by atomic mass is 9.95. The number of halogens is 1. The first kappa shape index (κ1) is 11.0. The molecule has 0 atom stereocenters. The number of carbonyl (C=O) groups is 1. The Morgan fingerprint density at radius 2 is 2.13 bits per heavy atom. The Labute approximate surface area is 98.6 Å². The van der Waals surface area contributed by atoms with Crippen molar-refractivity contribution >= 4 is 28.8 Å². The van der Waals surface area contributed by atoms with Crippen molar-refractivity contribution in [2.45, 2.75) is 37.1 Å². The minimum Gasteiger partial charge on any atom is -0.349 e. The predicted molar refractivity (Wildman–Crippen MR) is 63.7 cm³/mol.